The molecule has 4 nitrogen and oxygen atoms in total. The molecule has 1 aromatic heterocycles. The molecule has 5 heteroatoms. The van der Waals surface area contributed by atoms with Crippen LogP contribution >= 0.6 is 15.9 Å². The van der Waals surface area contributed by atoms with Crippen LogP contribution in [0.4, 0.5) is 0 Å². The number of hydrogen-bond donors (Lipinski definition) is 3. The van der Waals surface area contributed by atoms with Crippen molar-refractivity contribution in [3.8, 4) is 0 Å². The Kier molecular flexibility index (Phi) is 4.48. The minimum Gasteiger partial charge on any atom is -0.370 e. The van der Waals surface area contributed by atoms with Crippen LogP contribution in [-0.2, 0) is 6.42 Å². The summed E-state index contributed by atoms with van der Waals surface area (Å²) in [6, 6.07) is 6.80. The molecule has 0 radical (unpaired) electrons. The number of halogens is 1. The van der Waals surface area contributed by atoms with Crippen molar-refractivity contribution in [3.63, 3.8) is 0 Å². The van der Waals surface area contributed by atoms with Crippen LogP contribution in [-0.4, -0.2) is 23.5 Å². The Bertz CT molecular complexity index is 641. The van der Waals surface area contributed by atoms with E-state index >= 15 is 0 Å². The second-order valence-electron chi connectivity index (χ2n) is 5.65. The van der Waals surface area contributed by atoms with Gasteiger partial charge in [0.2, 0.25) is 0 Å². The average Bonchev–Trinajstić information content (AvgIpc) is 3.09. The van der Waals surface area contributed by atoms with Crippen LogP contribution in [0.3, 0.4) is 0 Å². The molecule has 0 saturated heterocycles. The van der Waals surface area contributed by atoms with Gasteiger partial charge in [-0.2, -0.15) is 0 Å². The molecule has 2 aromatic rings. The van der Waals surface area contributed by atoms with Crippen molar-refractivity contribution in [2.24, 2.45) is 10.7 Å². The van der Waals surface area contributed by atoms with Gasteiger partial charge < -0.3 is 16.0 Å². The van der Waals surface area contributed by atoms with Gasteiger partial charge in [0, 0.05) is 34.2 Å². The molecular formula is C16H21BrN4. The number of hydrogen-bond acceptors (Lipinski definition) is 1. The average molecular weight is 349 g/mol. The maximum absolute atomic E-state index is 5.95. The van der Waals surface area contributed by atoms with Gasteiger partial charge >= 0.3 is 0 Å². The molecule has 1 fully saturated rings. The lowest BCUT2D eigenvalue weighted by atomic mass is 10.1. The number of fused-ring (bicyclic) bond motifs is 1. The predicted octanol–water partition coefficient (Wildman–Crippen LogP) is 3.32. The number of nitrogens with one attached hydrogen (secondary N) is 2. The molecule has 0 amide bonds. The standard InChI is InChI=1S/C16H21BrN4/c17-12-5-6-15-14(9-12)11(10-20-15)7-8-19-16(18)21-13-3-1-2-4-13/h5-6,9-10,13,20H,1-4,7-8H2,(H3,18,19,21). The zero-order valence-corrected chi connectivity index (χ0v) is 13.6. The molecule has 0 unspecified atom stereocenters. The van der Waals surface area contributed by atoms with Gasteiger partial charge in [0.15, 0.2) is 5.96 Å². The lowest BCUT2D eigenvalue weighted by molar-refractivity contribution is 0.625. The molecule has 21 heavy (non-hydrogen) atoms. The molecule has 1 heterocycles. The van der Waals surface area contributed by atoms with E-state index < -0.39 is 0 Å². The van der Waals surface area contributed by atoms with Crippen molar-refractivity contribution >= 4 is 32.8 Å². The van der Waals surface area contributed by atoms with E-state index in [4.69, 9.17) is 5.73 Å². The normalized spacial score (nSPS) is 16.7. The van der Waals surface area contributed by atoms with Crippen LogP contribution in [0.2, 0.25) is 0 Å². The molecule has 1 aromatic carbocycles. The second kappa shape index (κ2) is 6.52. The molecule has 0 spiro atoms. The molecule has 0 atom stereocenters. The topological polar surface area (TPSA) is 66.2 Å². The van der Waals surface area contributed by atoms with Crippen molar-refractivity contribution in [1.29, 1.82) is 0 Å². The summed E-state index contributed by atoms with van der Waals surface area (Å²) < 4.78 is 1.10. The van der Waals surface area contributed by atoms with E-state index in [1.165, 1.54) is 36.6 Å². The van der Waals surface area contributed by atoms with Gasteiger partial charge in [0.1, 0.15) is 0 Å². The van der Waals surface area contributed by atoms with E-state index in [0.29, 0.717) is 18.5 Å². The first-order valence-electron chi connectivity index (χ1n) is 7.54. The number of benzene rings is 1. The molecule has 112 valence electrons. The number of rotatable bonds is 4. The summed E-state index contributed by atoms with van der Waals surface area (Å²) in [6.07, 6.45) is 7.99. The first kappa shape index (κ1) is 14.4. The lowest BCUT2D eigenvalue weighted by Gasteiger charge is -2.12. The summed E-state index contributed by atoms with van der Waals surface area (Å²) in [4.78, 5) is 7.75. The Morgan fingerprint density at radius 2 is 2.19 bits per heavy atom. The largest absolute Gasteiger partial charge is 0.370 e. The first-order chi connectivity index (χ1) is 10.2. The Morgan fingerprint density at radius 3 is 3.00 bits per heavy atom. The van der Waals surface area contributed by atoms with Crippen LogP contribution < -0.4 is 11.1 Å². The number of nitrogens with zero attached hydrogens (tertiary/aromatic N) is 1. The van der Waals surface area contributed by atoms with Gasteiger partial charge in [-0.05, 0) is 43.0 Å². The van der Waals surface area contributed by atoms with Crippen molar-refractivity contribution in [2.75, 3.05) is 6.54 Å². The highest BCUT2D eigenvalue weighted by Crippen LogP contribution is 2.23. The Labute approximate surface area is 133 Å². The van der Waals surface area contributed by atoms with Crippen LogP contribution in [0.25, 0.3) is 10.9 Å². The number of nitrogens with two attached hydrogens (primary N) is 1. The molecule has 4 N–H and O–H groups in total. The number of aromatic nitrogens is 1. The minimum atomic E-state index is 0.526. The van der Waals surface area contributed by atoms with E-state index in [1.54, 1.807) is 0 Å². The van der Waals surface area contributed by atoms with Crippen molar-refractivity contribution in [2.45, 2.75) is 38.1 Å². The van der Waals surface area contributed by atoms with Gasteiger partial charge in [-0.1, -0.05) is 28.8 Å². The summed E-state index contributed by atoms with van der Waals surface area (Å²) in [5, 5.41) is 4.57. The molecule has 3 rings (SSSR count). The third kappa shape index (κ3) is 3.59. The number of aromatic amines is 1. The third-order valence-corrected chi connectivity index (χ3v) is 4.59. The van der Waals surface area contributed by atoms with Crippen molar-refractivity contribution in [3.05, 3.63) is 34.4 Å². The van der Waals surface area contributed by atoms with Crippen LogP contribution in [0.15, 0.2) is 33.9 Å². The van der Waals surface area contributed by atoms with E-state index in [1.807, 2.05) is 6.07 Å². The number of H-pyrrole nitrogens is 1. The highest BCUT2D eigenvalue weighted by atomic mass is 79.9. The SMILES string of the molecule is NC(=NCCc1c[nH]c2ccc(Br)cc12)NC1CCCC1. The third-order valence-electron chi connectivity index (χ3n) is 4.10. The molecular weight excluding hydrogens is 328 g/mol. The van der Waals surface area contributed by atoms with E-state index in [9.17, 15) is 0 Å². The molecule has 0 bridgehead atoms. The smallest absolute Gasteiger partial charge is 0.188 e. The van der Waals surface area contributed by atoms with Crippen molar-refractivity contribution in [1.82, 2.24) is 10.3 Å². The monoisotopic (exact) mass is 348 g/mol. The molecule has 0 aliphatic heterocycles. The fourth-order valence-corrected chi connectivity index (χ4v) is 3.34. The zero-order valence-electron chi connectivity index (χ0n) is 12.0. The van der Waals surface area contributed by atoms with Gasteiger partial charge in [-0.15, -0.1) is 0 Å². The van der Waals surface area contributed by atoms with Crippen molar-refractivity contribution < 1.29 is 0 Å². The van der Waals surface area contributed by atoms with E-state index in [2.05, 4.69) is 49.6 Å². The Balaban J connectivity index is 1.59. The summed E-state index contributed by atoms with van der Waals surface area (Å²) in [6.45, 7) is 0.713. The predicted molar refractivity (Wildman–Crippen MR) is 91.6 cm³/mol. The van der Waals surface area contributed by atoms with Gasteiger partial charge in [-0.25, -0.2) is 0 Å². The fraction of sp³-hybridized carbons (Fsp3) is 0.438. The van der Waals surface area contributed by atoms with Crippen LogP contribution in [0.1, 0.15) is 31.2 Å². The highest BCUT2D eigenvalue weighted by molar-refractivity contribution is 9.10. The molecule has 1 aliphatic rings. The van der Waals surface area contributed by atoms with Gasteiger partial charge in [0.05, 0.1) is 0 Å². The Morgan fingerprint density at radius 1 is 1.38 bits per heavy atom. The number of aliphatic imine (C=N–C) groups is 1. The van der Waals surface area contributed by atoms with E-state index in [-0.39, 0.29) is 0 Å². The molecule has 1 saturated carbocycles. The van der Waals surface area contributed by atoms with Gasteiger partial charge in [0.25, 0.3) is 0 Å². The Hall–Kier alpha value is -1.49. The van der Waals surface area contributed by atoms with Crippen LogP contribution in [0.5, 0.6) is 0 Å². The summed E-state index contributed by atoms with van der Waals surface area (Å²) in [7, 11) is 0. The minimum absolute atomic E-state index is 0.526. The van der Waals surface area contributed by atoms with E-state index in [0.717, 1.165) is 16.4 Å². The highest BCUT2D eigenvalue weighted by Gasteiger charge is 2.14. The summed E-state index contributed by atoms with van der Waals surface area (Å²) >= 11 is 3.52. The van der Waals surface area contributed by atoms with Crippen LogP contribution in [0, 0.1) is 0 Å². The molecule has 1 aliphatic carbocycles. The quantitative estimate of drug-likeness (QED) is 0.586. The second-order valence-corrected chi connectivity index (χ2v) is 6.56. The fourth-order valence-electron chi connectivity index (χ4n) is 2.98. The lowest BCUT2D eigenvalue weighted by Crippen LogP contribution is -2.38. The zero-order chi connectivity index (χ0) is 14.7. The maximum Gasteiger partial charge on any atom is 0.188 e. The summed E-state index contributed by atoms with van der Waals surface area (Å²) in [5.41, 5.74) is 8.40. The number of guanidine groups is 1. The first-order valence-corrected chi connectivity index (χ1v) is 8.33. The van der Waals surface area contributed by atoms with Gasteiger partial charge in [-0.3, -0.25) is 4.99 Å². The summed E-state index contributed by atoms with van der Waals surface area (Å²) in [5.74, 6) is 0.586. The maximum atomic E-state index is 5.95.